The molecule has 0 aliphatic heterocycles. The number of hydrogen-bond acceptors (Lipinski definition) is 2. The lowest BCUT2D eigenvalue weighted by Gasteiger charge is -2.15. The highest BCUT2D eigenvalue weighted by Gasteiger charge is 2.16. The smallest absolute Gasteiger partial charge is 0.0797 e. The van der Waals surface area contributed by atoms with Gasteiger partial charge in [-0.05, 0) is 25.2 Å². The number of aromatic nitrogens is 1. The molecule has 10 heavy (non-hydrogen) atoms. The van der Waals surface area contributed by atoms with E-state index in [0.717, 1.165) is 5.92 Å². The second kappa shape index (κ2) is 2.35. The van der Waals surface area contributed by atoms with Crippen LogP contribution >= 0.6 is 11.3 Å². The summed E-state index contributed by atoms with van der Waals surface area (Å²) in [6, 6.07) is 0. The Bertz CT molecular complexity index is 229. The number of fused-ring (bicyclic) bond motifs is 1. The molecule has 1 heterocycles. The monoisotopic (exact) mass is 153 g/mol. The largest absolute Gasteiger partial charge is 0.249 e. The van der Waals surface area contributed by atoms with E-state index in [9.17, 15) is 0 Å². The van der Waals surface area contributed by atoms with E-state index in [1.54, 1.807) is 0 Å². The van der Waals surface area contributed by atoms with Crippen molar-refractivity contribution in [1.29, 1.82) is 0 Å². The average molecular weight is 153 g/mol. The average Bonchev–Trinajstić information content (AvgIpc) is 2.33. The molecule has 54 valence electrons. The van der Waals surface area contributed by atoms with Crippen molar-refractivity contribution in [2.24, 2.45) is 5.92 Å². The van der Waals surface area contributed by atoms with Crippen LogP contribution in [0.5, 0.6) is 0 Å². The lowest BCUT2D eigenvalue weighted by molar-refractivity contribution is 0.502. The van der Waals surface area contributed by atoms with E-state index in [2.05, 4.69) is 11.9 Å². The van der Waals surface area contributed by atoms with Gasteiger partial charge in [0.05, 0.1) is 11.2 Å². The van der Waals surface area contributed by atoms with Crippen molar-refractivity contribution < 1.29 is 0 Å². The zero-order chi connectivity index (χ0) is 6.97. The van der Waals surface area contributed by atoms with Crippen molar-refractivity contribution in [2.75, 3.05) is 0 Å². The molecule has 1 aliphatic carbocycles. The molecule has 0 aromatic carbocycles. The summed E-state index contributed by atoms with van der Waals surface area (Å²) >= 11 is 1.82. The van der Waals surface area contributed by atoms with Gasteiger partial charge in [-0.3, -0.25) is 0 Å². The summed E-state index contributed by atoms with van der Waals surface area (Å²) in [5.41, 5.74) is 3.34. The van der Waals surface area contributed by atoms with Crippen LogP contribution in [0, 0.1) is 5.92 Å². The van der Waals surface area contributed by atoms with Gasteiger partial charge in [0.2, 0.25) is 0 Å². The lowest BCUT2D eigenvalue weighted by Crippen LogP contribution is -2.08. The van der Waals surface area contributed by atoms with Gasteiger partial charge < -0.3 is 0 Å². The fraction of sp³-hybridized carbons (Fsp3) is 0.625. The van der Waals surface area contributed by atoms with E-state index in [1.807, 2.05) is 16.8 Å². The van der Waals surface area contributed by atoms with Crippen LogP contribution < -0.4 is 0 Å². The van der Waals surface area contributed by atoms with Crippen molar-refractivity contribution in [2.45, 2.75) is 26.2 Å². The van der Waals surface area contributed by atoms with Crippen molar-refractivity contribution in [3.8, 4) is 0 Å². The van der Waals surface area contributed by atoms with Gasteiger partial charge >= 0.3 is 0 Å². The summed E-state index contributed by atoms with van der Waals surface area (Å²) in [4.78, 5) is 5.84. The number of thiazole rings is 1. The van der Waals surface area contributed by atoms with Gasteiger partial charge in [-0.1, -0.05) is 6.92 Å². The van der Waals surface area contributed by atoms with Crippen molar-refractivity contribution in [1.82, 2.24) is 4.98 Å². The van der Waals surface area contributed by atoms with E-state index < -0.39 is 0 Å². The Balaban J connectivity index is 2.30. The maximum atomic E-state index is 4.31. The molecule has 0 saturated carbocycles. The second-order valence-corrected chi connectivity index (χ2v) is 4.01. The molecule has 1 atom stereocenters. The third-order valence-corrected chi connectivity index (χ3v) is 3.03. The predicted octanol–water partition coefficient (Wildman–Crippen LogP) is 2.27. The first-order valence-electron chi connectivity index (χ1n) is 3.77. The van der Waals surface area contributed by atoms with Crippen LogP contribution in [0.25, 0.3) is 0 Å². The van der Waals surface area contributed by atoms with Gasteiger partial charge in [-0.15, -0.1) is 11.3 Å². The first-order chi connectivity index (χ1) is 4.86. The number of nitrogens with zero attached hydrogens (tertiary/aromatic N) is 1. The number of aryl methyl sites for hydroxylation is 1. The molecule has 1 nitrogen and oxygen atoms in total. The van der Waals surface area contributed by atoms with E-state index in [1.165, 1.54) is 29.8 Å². The SMILES string of the molecule is C[C@H]1CCc2ncsc2C1. The number of rotatable bonds is 0. The maximum Gasteiger partial charge on any atom is 0.0797 e. The van der Waals surface area contributed by atoms with E-state index in [0.29, 0.717) is 0 Å². The summed E-state index contributed by atoms with van der Waals surface area (Å²) < 4.78 is 0. The van der Waals surface area contributed by atoms with Gasteiger partial charge in [-0.25, -0.2) is 4.98 Å². The van der Waals surface area contributed by atoms with E-state index in [4.69, 9.17) is 0 Å². The molecule has 1 aliphatic rings. The topological polar surface area (TPSA) is 12.9 Å². The minimum Gasteiger partial charge on any atom is -0.249 e. The van der Waals surface area contributed by atoms with Crippen LogP contribution in [-0.4, -0.2) is 4.98 Å². The Morgan fingerprint density at radius 2 is 2.60 bits per heavy atom. The molecule has 0 amide bonds. The van der Waals surface area contributed by atoms with Crippen LogP contribution in [0.3, 0.4) is 0 Å². The molecule has 0 unspecified atom stereocenters. The fourth-order valence-corrected chi connectivity index (χ4v) is 2.44. The van der Waals surface area contributed by atoms with Crippen molar-refractivity contribution in [3.63, 3.8) is 0 Å². The van der Waals surface area contributed by atoms with Crippen LogP contribution in [-0.2, 0) is 12.8 Å². The van der Waals surface area contributed by atoms with Crippen LogP contribution in [0.1, 0.15) is 23.9 Å². The third-order valence-electron chi connectivity index (χ3n) is 2.13. The molecule has 1 aromatic heterocycles. The Hall–Kier alpha value is -0.370. The van der Waals surface area contributed by atoms with Gasteiger partial charge in [0.1, 0.15) is 0 Å². The molecule has 1 aromatic rings. The van der Waals surface area contributed by atoms with Gasteiger partial charge in [0.25, 0.3) is 0 Å². The van der Waals surface area contributed by atoms with Gasteiger partial charge in [0, 0.05) is 4.88 Å². The molecular weight excluding hydrogens is 142 g/mol. The molecule has 0 radical (unpaired) electrons. The molecular formula is C8H11NS. The maximum absolute atomic E-state index is 4.31. The third kappa shape index (κ3) is 0.966. The predicted molar refractivity (Wildman–Crippen MR) is 43.3 cm³/mol. The fourth-order valence-electron chi connectivity index (χ4n) is 1.47. The Labute approximate surface area is 65.1 Å². The molecule has 0 N–H and O–H groups in total. The van der Waals surface area contributed by atoms with Gasteiger partial charge in [0.15, 0.2) is 0 Å². The summed E-state index contributed by atoms with van der Waals surface area (Å²) in [5.74, 6) is 0.882. The Morgan fingerprint density at radius 1 is 1.70 bits per heavy atom. The number of hydrogen-bond donors (Lipinski definition) is 0. The summed E-state index contributed by atoms with van der Waals surface area (Å²) in [5, 5.41) is 0. The standard InChI is InChI=1S/C8H11NS/c1-6-2-3-7-8(4-6)10-5-9-7/h5-6H,2-4H2,1H3/t6-/m0/s1. The van der Waals surface area contributed by atoms with E-state index in [-0.39, 0.29) is 0 Å². The zero-order valence-electron chi connectivity index (χ0n) is 6.13. The highest BCUT2D eigenvalue weighted by atomic mass is 32.1. The highest BCUT2D eigenvalue weighted by Crippen LogP contribution is 2.26. The van der Waals surface area contributed by atoms with Crippen LogP contribution in [0.4, 0.5) is 0 Å². The molecule has 0 spiro atoms. The van der Waals surface area contributed by atoms with Crippen molar-refractivity contribution >= 4 is 11.3 Å². The summed E-state index contributed by atoms with van der Waals surface area (Å²) in [6.07, 6.45) is 3.80. The van der Waals surface area contributed by atoms with Gasteiger partial charge in [-0.2, -0.15) is 0 Å². The summed E-state index contributed by atoms with van der Waals surface area (Å²) in [6.45, 7) is 2.32. The van der Waals surface area contributed by atoms with Crippen molar-refractivity contribution in [3.05, 3.63) is 16.1 Å². The Kier molecular flexibility index (Phi) is 1.49. The molecule has 0 bridgehead atoms. The molecule has 0 fully saturated rings. The lowest BCUT2D eigenvalue weighted by atomic mass is 9.93. The molecule has 2 rings (SSSR count). The second-order valence-electron chi connectivity index (χ2n) is 3.07. The van der Waals surface area contributed by atoms with E-state index >= 15 is 0 Å². The van der Waals surface area contributed by atoms with Crippen LogP contribution in [0.15, 0.2) is 5.51 Å². The molecule has 0 saturated heterocycles. The first kappa shape index (κ1) is 6.35. The zero-order valence-corrected chi connectivity index (χ0v) is 6.95. The minimum atomic E-state index is 0.882. The minimum absolute atomic E-state index is 0.882. The highest BCUT2D eigenvalue weighted by molar-refractivity contribution is 7.09. The molecule has 2 heteroatoms. The first-order valence-corrected chi connectivity index (χ1v) is 4.65. The van der Waals surface area contributed by atoms with Crippen LogP contribution in [0.2, 0.25) is 0 Å². The quantitative estimate of drug-likeness (QED) is 0.557. The normalized spacial score (nSPS) is 24.3. The Morgan fingerprint density at radius 3 is 3.50 bits per heavy atom. The summed E-state index contributed by atoms with van der Waals surface area (Å²) in [7, 11) is 0.